The fourth-order valence-corrected chi connectivity index (χ4v) is 2.77. The van der Waals surface area contributed by atoms with E-state index in [4.69, 9.17) is 4.74 Å². The molecular weight excluding hydrogens is 312 g/mol. The Kier molecular flexibility index (Phi) is 3.98. The Morgan fingerprint density at radius 1 is 1.00 bits per heavy atom. The van der Waals surface area contributed by atoms with Gasteiger partial charge >= 0.3 is 0 Å². The quantitative estimate of drug-likeness (QED) is 0.685. The molecule has 0 spiro atoms. The standard InChI is InChI=1S/C20H18N4O/c1-13-7-9-15(10-8-13)20-22-19(23-24-20)14(2)25-18-11-12-21-17-6-4-3-5-16(17)18/h3-12,14,20H,1-2H3. The second-order valence-corrected chi connectivity index (χ2v) is 6.07. The van der Waals surface area contributed by atoms with Gasteiger partial charge in [-0.3, -0.25) is 4.98 Å². The topological polar surface area (TPSA) is 59.2 Å². The lowest BCUT2D eigenvalue weighted by Gasteiger charge is -2.14. The maximum atomic E-state index is 6.09. The number of hydrogen-bond acceptors (Lipinski definition) is 5. The van der Waals surface area contributed by atoms with Gasteiger partial charge in [0.2, 0.25) is 0 Å². The number of pyridine rings is 1. The molecule has 4 rings (SSSR count). The molecule has 124 valence electrons. The first-order chi connectivity index (χ1) is 12.2. The summed E-state index contributed by atoms with van der Waals surface area (Å²) in [7, 11) is 0. The highest BCUT2D eigenvalue weighted by Gasteiger charge is 2.22. The van der Waals surface area contributed by atoms with Gasteiger partial charge in [0.05, 0.1) is 5.52 Å². The number of rotatable bonds is 4. The molecule has 0 radical (unpaired) electrons. The average molecular weight is 330 g/mol. The third kappa shape index (κ3) is 3.13. The van der Waals surface area contributed by atoms with Crippen molar-refractivity contribution >= 4 is 16.7 Å². The van der Waals surface area contributed by atoms with E-state index < -0.39 is 0 Å². The summed E-state index contributed by atoms with van der Waals surface area (Å²) in [5.41, 5.74) is 3.15. The van der Waals surface area contributed by atoms with Crippen LogP contribution in [0.2, 0.25) is 0 Å². The van der Waals surface area contributed by atoms with Crippen LogP contribution in [0.25, 0.3) is 10.9 Å². The van der Waals surface area contributed by atoms with E-state index in [0.717, 1.165) is 22.2 Å². The molecule has 0 amide bonds. The van der Waals surface area contributed by atoms with E-state index >= 15 is 0 Å². The molecule has 0 bridgehead atoms. The van der Waals surface area contributed by atoms with Gasteiger partial charge < -0.3 is 4.74 Å². The molecule has 0 fully saturated rings. The fraction of sp³-hybridized carbons (Fsp3) is 0.200. The minimum Gasteiger partial charge on any atom is -0.482 e. The second-order valence-electron chi connectivity index (χ2n) is 6.07. The van der Waals surface area contributed by atoms with Crippen molar-refractivity contribution in [1.29, 1.82) is 0 Å². The molecule has 2 atom stereocenters. The Morgan fingerprint density at radius 2 is 1.80 bits per heavy atom. The Labute approximate surface area is 146 Å². The van der Waals surface area contributed by atoms with Gasteiger partial charge in [-0.15, -0.1) is 5.11 Å². The molecule has 0 saturated carbocycles. The Morgan fingerprint density at radius 3 is 2.64 bits per heavy atom. The molecule has 2 aromatic carbocycles. The third-order valence-corrected chi connectivity index (χ3v) is 4.18. The van der Waals surface area contributed by atoms with Crippen molar-refractivity contribution < 1.29 is 4.74 Å². The van der Waals surface area contributed by atoms with Crippen LogP contribution in [0.15, 0.2) is 76.0 Å². The predicted molar refractivity (Wildman–Crippen MR) is 98.0 cm³/mol. The monoisotopic (exact) mass is 330 g/mol. The van der Waals surface area contributed by atoms with E-state index in [-0.39, 0.29) is 12.3 Å². The molecule has 25 heavy (non-hydrogen) atoms. The number of benzene rings is 2. The van der Waals surface area contributed by atoms with Crippen LogP contribution in [-0.2, 0) is 0 Å². The van der Waals surface area contributed by atoms with Crippen LogP contribution < -0.4 is 4.74 Å². The van der Waals surface area contributed by atoms with Gasteiger partial charge in [-0.1, -0.05) is 42.0 Å². The van der Waals surface area contributed by atoms with Crippen molar-refractivity contribution in [3.63, 3.8) is 0 Å². The van der Waals surface area contributed by atoms with E-state index in [9.17, 15) is 0 Å². The smallest absolute Gasteiger partial charge is 0.189 e. The summed E-state index contributed by atoms with van der Waals surface area (Å²) < 4.78 is 6.09. The Hall–Kier alpha value is -3.08. The summed E-state index contributed by atoms with van der Waals surface area (Å²) in [5.74, 6) is 1.38. The van der Waals surface area contributed by atoms with E-state index in [1.165, 1.54) is 5.56 Å². The number of aliphatic imine (C=N–C) groups is 1. The maximum absolute atomic E-state index is 6.09. The van der Waals surface area contributed by atoms with Crippen LogP contribution in [0.3, 0.4) is 0 Å². The van der Waals surface area contributed by atoms with Crippen molar-refractivity contribution in [1.82, 2.24) is 4.98 Å². The first-order valence-electron chi connectivity index (χ1n) is 8.26. The molecular formula is C20H18N4O. The molecule has 2 unspecified atom stereocenters. The summed E-state index contributed by atoms with van der Waals surface area (Å²) in [6.07, 6.45) is 1.18. The predicted octanol–water partition coefficient (Wildman–Crippen LogP) is 4.87. The number of aryl methyl sites for hydroxylation is 1. The molecule has 0 aliphatic carbocycles. The average Bonchev–Trinajstić information content (AvgIpc) is 3.13. The number of amidine groups is 1. The Bertz CT molecular complexity index is 958. The Balaban J connectivity index is 1.55. The lowest BCUT2D eigenvalue weighted by Crippen LogP contribution is -2.21. The van der Waals surface area contributed by atoms with Crippen LogP contribution in [0, 0.1) is 6.92 Å². The van der Waals surface area contributed by atoms with Crippen molar-refractivity contribution in [2.24, 2.45) is 15.2 Å². The largest absolute Gasteiger partial charge is 0.482 e. The summed E-state index contributed by atoms with van der Waals surface area (Å²) in [5, 5.41) is 9.47. The van der Waals surface area contributed by atoms with Crippen molar-refractivity contribution in [3.8, 4) is 5.75 Å². The SMILES string of the molecule is Cc1ccc(C2N=NC(C(C)Oc3ccnc4ccccc34)=N2)cc1. The highest BCUT2D eigenvalue weighted by molar-refractivity contribution is 5.89. The van der Waals surface area contributed by atoms with E-state index in [1.54, 1.807) is 6.20 Å². The van der Waals surface area contributed by atoms with Crippen molar-refractivity contribution in [3.05, 3.63) is 71.9 Å². The van der Waals surface area contributed by atoms with E-state index in [2.05, 4.69) is 39.3 Å². The van der Waals surface area contributed by atoms with E-state index in [0.29, 0.717) is 5.84 Å². The molecule has 1 aliphatic rings. The first kappa shape index (κ1) is 15.4. The molecule has 3 aromatic rings. The van der Waals surface area contributed by atoms with Gasteiger partial charge in [0.1, 0.15) is 5.75 Å². The minimum absolute atomic E-state index is 0.282. The van der Waals surface area contributed by atoms with Gasteiger partial charge in [-0.25, -0.2) is 4.99 Å². The lowest BCUT2D eigenvalue weighted by molar-refractivity contribution is 0.289. The number of nitrogens with zero attached hydrogens (tertiary/aromatic N) is 4. The van der Waals surface area contributed by atoms with Crippen LogP contribution in [0.4, 0.5) is 0 Å². The highest BCUT2D eigenvalue weighted by atomic mass is 16.5. The molecule has 0 N–H and O–H groups in total. The van der Waals surface area contributed by atoms with Gasteiger partial charge in [0, 0.05) is 17.1 Å². The highest BCUT2D eigenvalue weighted by Crippen LogP contribution is 2.28. The fourth-order valence-electron chi connectivity index (χ4n) is 2.77. The van der Waals surface area contributed by atoms with Crippen molar-refractivity contribution in [2.75, 3.05) is 0 Å². The number of fused-ring (bicyclic) bond motifs is 1. The number of azo groups is 1. The summed E-state index contributed by atoms with van der Waals surface area (Å²) in [6.45, 7) is 3.99. The molecule has 1 aliphatic heterocycles. The lowest BCUT2D eigenvalue weighted by atomic mass is 10.1. The van der Waals surface area contributed by atoms with Crippen molar-refractivity contribution in [2.45, 2.75) is 26.1 Å². The van der Waals surface area contributed by atoms with Crippen LogP contribution >= 0.6 is 0 Å². The molecule has 5 heteroatoms. The molecule has 5 nitrogen and oxygen atoms in total. The number of ether oxygens (including phenoxy) is 1. The van der Waals surface area contributed by atoms with Gasteiger partial charge in [0.15, 0.2) is 18.1 Å². The number of para-hydroxylation sites is 1. The minimum atomic E-state index is -0.287. The zero-order chi connectivity index (χ0) is 17.2. The first-order valence-corrected chi connectivity index (χ1v) is 8.26. The van der Waals surface area contributed by atoms with E-state index in [1.807, 2.05) is 49.4 Å². The normalized spacial score (nSPS) is 17.5. The van der Waals surface area contributed by atoms with Crippen LogP contribution in [0.1, 0.15) is 24.2 Å². The molecule has 0 saturated heterocycles. The van der Waals surface area contributed by atoms with Crippen LogP contribution in [0.5, 0.6) is 5.75 Å². The summed E-state index contributed by atoms with van der Waals surface area (Å²) in [4.78, 5) is 8.96. The van der Waals surface area contributed by atoms with Crippen LogP contribution in [-0.4, -0.2) is 16.9 Å². The van der Waals surface area contributed by atoms with Gasteiger partial charge in [0.25, 0.3) is 0 Å². The third-order valence-electron chi connectivity index (χ3n) is 4.18. The molecule has 1 aromatic heterocycles. The zero-order valence-corrected chi connectivity index (χ0v) is 14.1. The summed E-state index contributed by atoms with van der Waals surface area (Å²) in [6, 6.07) is 17.9. The van der Waals surface area contributed by atoms with Gasteiger partial charge in [-0.05, 0) is 32.0 Å². The zero-order valence-electron chi connectivity index (χ0n) is 14.1. The molecule has 2 heterocycles. The maximum Gasteiger partial charge on any atom is 0.189 e. The second kappa shape index (κ2) is 6.43. The number of aromatic nitrogens is 1. The number of hydrogen-bond donors (Lipinski definition) is 0. The van der Waals surface area contributed by atoms with Gasteiger partial charge in [-0.2, -0.15) is 5.11 Å². The summed E-state index contributed by atoms with van der Waals surface area (Å²) >= 11 is 0.